The van der Waals surface area contributed by atoms with E-state index in [1.54, 1.807) is 0 Å². The van der Waals surface area contributed by atoms with Gasteiger partial charge in [-0.1, -0.05) is 11.6 Å². The van der Waals surface area contributed by atoms with Crippen LogP contribution in [0.25, 0.3) is 0 Å². The average molecular weight is 263 g/mol. The van der Waals surface area contributed by atoms with Gasteiger partial charge in [0.2, 0.25) is 5.91 Å². The molecule has 1 aromatic rings. The molecule has 5 nitrogen and oxygen atoms in total. The Morgan fingerprint density at radius 2 is 2.58 bits per heavy atom. The summed E-state index contributed by atoms with van der Waals surface area (Å²) in [6, 6.07) is 1.89. The van der Waals surface area contributed by atoms with E-state index in [1.807, 2.05) is 13.0 Å². The molecule has 2 heterocycles. The van der Waals surface area contributed by atoms with Gasteiger partial charge < -0.3 is 15.2 Å². The summed E-state index contributed by atoms with van der Waals surface area (Å²) in [5, 5.41) is 10.6. The van der Waals surface area contributed by atoms with Crippen molar-refractivity contribution in [1.82, 2.24) is 15.8 Å². The fraction of sp³-hybridized carbons (Fsp3) is 0.714. The number of carbonyl (C=O) groups is 1. The van der Waals surface area contributed by atoms with Crippen LogP contribution in [0.4, 0.5) is 0 Å². The first-order chi connectivity index (χ1) is 9.18. The Bertz CT molecular complexity index is 459. The second kappa shape index (κ2) is 4.96. The third-order valence-corrected chi connectivity index (χ3v) is 4.46. The van der Waals surface area contributed by atoms with Crippen LogP contribution in [0.1, 0.15) is 37.1 Å². The molecule has 1 aliphatic heterocycles. The van der Waals surface area contributed by atoms with Crippen LogP contribution in [0.3, 0.4) is 0 Å². The van der Waals surface area contributed by atoms with E-state index in [9.17, 15) is 4.79 Å². The largest absolute Gasteiger partial charge is 0.361 e. The van der Waals surface area contributed by atoms with Gasteiger partial charge in [-0.05, 0) is 25.7 Å². The van der Waals surface area contributed by atoms with E-state index < -0.39 is 0 Å². The predicted octanol–water partition coefficient (Wildman–Crippen LogP) is 1.17. The number of amides is 1. The minimum absolute atomic E-state index is 0.0246. The Morgan fingerprint density at radius 3 is 3.37 bits per heavy atom. The number of aromatic nitrogens is 1. The van der Waals surface area contributed by atoms with Gasteiger partial charge in [0.25, 0.3) is 0 Å². The number of nitrogens with one attached hydrogen (secondary N) is 2. The minimum atomic E-state index is 0.0246. The second-order valence-electron chi connectivity index (χ2n) is 5.85. The van der Waals surface area contributed by atoms with Crippen molar-refractivity contribution in [2.45, 2.75) is 44.6 Å². The molecule has 19 heavy (non-hydrogen) atoms. The smallest absolute Gasteiger partial charge is 0.220 e. The van der Waals surface area contributed by atoms with Gasteiger partial charge in [0, 0.05) is 32.0 Å². The fourth-order valence-electron chi connectivity index (χ4n) is 3.47. The van der Waals surface area contributed by atoms with Crippen LogP contribution in [0.2, 0.25) is 0 Å². The van der Waals surface area contributed by atoms with Crippen molar-refractivity contribution >= 4 is 5.91 Å². The van der Waals surface area contributed by atoms with Crippen molar-refractivity contribution in [2.24, 2.45) is 5.92 Å². The lowest BCUT2D eigenvalue weighted by Crippen LogP contribution is -2.51. The van der Waals surface area contributed by atoms with E-state index in [0.717, 1.165) is 31.0 Å². The number of rotatable bonds is 4. The molecule has 0 bridgehead atoms. The van der Waals surface area contributed by atoms with E-state index in [4.69, 9.17) is 4.52 Å². The highest BCUT2D eigenvalue weighted by Crippen LogP contribution is 2.38. The molecule has 1 amide bonds. The number of aryl methyl sites for hydroxylation is 2. The molecule has 2 aliphatic rings. The number of hydrogen-bond acceptors (Lipinski definition) is 4. The Hall–Kier alpha value is -1.36. The van der Waals surface area contributed by atoms with E-state index in [0.29, 0.717) is 18.8 Å². The lowest BCUT2D eigenvalue weighted by molar-refractivity contribution is -0.123. The van der Waals surface area contributed by atoms with Crippen LogP contribution in [0, 0.1) is 12.8 Å². The van der Waals surface area contributed by atoms with Crippen molar-refractivity contribution in [3.05, 3.63) is 17.5 Å². The van der Waals surface area contributed by atoms with Gasteiger partial charge in [0.05, 0.1) is 11.2 Å². The van der Waals surface area contributed by atoms with Crippen LogP contribution in [-0.4, -0.2) is 29.7 Å². The highest BCUT2D eigenvalue weighted by atomic mass is 16.5. The molecule has 0 spiro atoms. The molecular weight excluding hydrogens is 242 g/mol. The summed E-state index contributed by atoms with van der Waals surface area (Å²) in [5.41, 5.74) is 0.884. The first-order valence-electron chi connectivity index (χ1n) is 7.12. The van der Waals surface area contributed by atoms with Crippen molar-refractivity contribution in [3.8, 4) is 0 Å². The molecule has 1 aliphatic carbocycles. The molecule has 104 valence electrons. The molecule has 0 radical (unpaired) electrons. The molecule has 1 saturated carbocycles. The summed E-state index contributed by atoms with van der Waals surface area (Å²) < 4.78 is 5.01. The maximum atomic E-state index is 12.1. The molecule has 0 aromatic carbocycles. The SMILES string of the molecule is Cc1cc(CCC(=O)N[C@]23CCC[C@H]2CNC3)no1. The van der Waals surface area contributed by atoms with Gasteiger partial charge in [0.15, 0.2) is 0 Å². The summed E-state index contributed by atoms with van der Waals surface area (Å²) in [4.78, 5) is 12.1. The van der Waals surface area contributed by atoms with Crippen LogP contribution in [0.5, 0.6) is 0 Å². The zero-order chi connectivity index (χ0) is 13.3. The van der Waals surface area contributed by atoms with Crippen LogP contribution in [-0.2, 0) is 11.2 Å². The highest BCUT2D eigenvalue weighted by molar-refractivity contribution is 5.77. The zero-order valence-corrected chi connectivity index (χ0v) is 11.4. The first-order valence-corrected chi connectivity index (χ1v) is 7.12. The van der Waals surface area contributed by atoms with Gasteiger partial charge in [-0.2, -0.15) is 0 Å². The summed E-state index contributed by atoms with van der Waals surface area (Å²) in [6.45, 7) is 3.83. The quantitative estimate of drug-likeness (QED) is 0.856. The molecular formula is C14H21N3O2. The van der Waals surface area contributed by atoms with E-state index in [1.165, 1.54) is 12.8 Å². The van der Waals surface area contributed by atoms with Crippen molar-refractivity contribution in [1.29, 1.82) is 0 Å². The summed E-state index contributed by atoms with van der Waals surface area (Å²) in [6.07, 6.45) is 4.71. The summed E-state index contributed by atoms with van der Waals surface area (Å²) >= 11 is 0. The standard InChI is InChI=1S/C14H21N3O2/c1-10-7-12(17-19-10)4-5-13(18)16-14-6-2-3-11(14)8-15-9-14/h7,11,15H,2-6,8-9H2,1H3,(H,16,18)/t11-,14-/m0/s1. The van der Waals surface area contributed by atoms with Crippen molar-refractivity contribution in [2.75, 3.05) is 13.1 Å². The maximum absolute atomic E-state index is 12.1. The molecule has 3 rings (SSSR count). The molecule has 2 fully saturated rings. The van der Waals surface area contributed by atoms with Gasteiger partial charge in [-0.25, -0.2) is 0 Å². The van der Waals surface area contributed by atoms with E-state index in [-0.39, 0.29) is 11.4 Å². The molecule has 5 heteroatoms. The van der Waals surface area contributed by atoms with Crippen LogP contribution >= 0.6 is 0 Å². The lowest BCUT2D eigenvalue weighted by atomic mass is 9.90. The van der Waals surface area contributed by atoms with Gasteiger partial charge in [0.1, 0.15) is 5.76 Å². The Balaban J connectivity index is 1.54. The number of fused-ring (bicyclic) bond motifs is 1. The third-order valence-electron chi connectivity index (χ3n) is 4.46. The zero-order valence-electron chi connectivity index (χ0n) is 11.4. The summed E-state index contributed by atoms with van der Waals surface area (Å²) in [5.74, 6) is 1.55. The second-order valence-corrected chi connectivity index (χ2v) is 5.85. The van der Waals surface area contributed by atoms with E-state index in [2.05, 4.69) is 15.8 Å². The minimum Gasteiger partial charge on any atom is -0.361 e. The first kappa shape index (κ1) is 12.7. The molecule has 1 aromatic heterocycles. The molecule has 2 N–H and O–H groups in total. The molecule has 0 unspecified atom stereocenters. The molecule has 1 saturated heterocycles. The summed E-state index contributed by atoms with van der Waals surface area (Å²) in [7, 11) is 0. The number of hydrogen-bond donors (Lipinski definition) is 2. The third kappa shape index (κ3) is 2.52. The van der Waals surface area contributed by atoms with Gasteiger partial charge >= 0.3 is 0 Å². The van der Waals surface area contributed by atoms with Crippen molar-refractivity contribution < 1.29 is 9.32 Å². The Kier molecular flexibility index (Phi) is 3.31. The van der Waals surface area contributed by atoms with Gasteiger partial charge in [-0.3, -0.25) is 4.79 Å². The van der Waals surface area contributed by atoms with Crippen LogP contribution in [0.15, 0.2) is 10.6 Å². The number of carbonyl (C=O) groups excluding carboxylic acids is 1. The highest BCUT2D eigenvalue weighted by Gasteiger charge is 2.46. The van der Waals surface area contributed by atoms with Crippen molar-refractivity contribution in [3.63, 3.8) is 0 Å². The normalized spacial score (nSPS) is 29.4. The van der Waals surface area contributed by atoms with E-state index >= 15 is 0 Å². The van der Waals surface area contributed by atoms with Gasteiger partial charge in [-0.15, -0.1) is 0 Å². The lowest BCUT2D eigenvalue weighted by Gasteiger charge is -2.29. The topological polar surface area (TPSA) is 67.2 Å². The monoisotopic (exact) mass is 263 g/mol. The number of nitrogens with zero attached hydrogens (tertiary/aromatic N) is 1. The van der Waals surface area contributed by atoms with Crippen LogP contribution < -0.4 is 10.6 Å². The molecule has 2 atom stereocenters. The predicted molar refractivity (Wildman–Crippen MR) is 70.6 cm³/mol. The Morgan fingerprint density at radius 1 is 1.68 bits per heavy atom. The fourth-order valence-corrected chi connectivity index (χ4v) is 3.47. The average Bonchev–Trinajstić information content (AvgIpc) is 3.01. The maximum Gasteiger partial charge on any atom is 0.220 e. The Labute approximate surface area is 113 Å².